The van der Waals surface area contributed by atoms with Gasteiger partial charge in [0.15, 0.2) is 88.7 Å². The van der Waals surface area contributed by atoms with Gasteiger partial charge in [-0.3, -0.25) is 0 Å². The second-order valence-corrected chi connectivity index (χ2v) is 13.2. The molecule has 0 atom stereocenters. The Hall–Kier alpha value is -6.81. The highest BCUT2D eigenvalue weighted by Gasteiger charge is 2.52. The molecule has 0 saturated heterocycles. The lowest BCUT2D eigenvalue weighted by Crippen LogP contribution is -2.81. The molecule has 1 N–H and O–H groups in total. The number of fused-ring (bicyclic) bond motifs is 1. The van der Waals surface area contributed by atoms with Crippen LogP contribution in [0.25, 0.3) is 10.8 Å². The predicted octanol–water partition coefficient (Wildman–Crippen LogP) is 8.73. The van der Waals surface area contributed by atoms with Gasteiger partial charge in [0.2, 0.25) is 0 Å². The van der Waals surface area contributed by atoms with E-state index in [2.05, 4.69) is 35.0 Å². The Morgan fingerprint density at radius 1 is 0.349 bits per heavy atom. The van der Waals surface area contributed by atoms with Crippen LogP contribution in [0.15, 0.2) is 67.0 Å². The Kier molecular flexibility index (Phi) is 12.2. The summed E-state index contributed by atoms with van der Waals surface area (Å²) in [4.78, 5) is 0. The first-order valence-electron chi connectivity index (χ1n) is 16.9. The van der Waals surface area contributed by atoms with Gasteiger partial charge in [0.25, 0.3) is 0 Å². The van der Waals surface area contributed by atoms with Crippen LogP contribution in [-0.4, -0.2) is 11.3 Å². The van der Waals surface area contributed by atoms with E-state index in [0.29, 0.717) is 5.75 Å². The summed E-state index contributed by atoms with van der Waals surface area (Å²) in [6.07, 6.45) is -3.08. The Bertz CT molecular complexity index is 2620. The molecule has 0 aliphatic carbocycles. The first-order chi connectivity index (χ1) is 29.5. The summed E-state index contributed by atoms with van der Waals surface area (Å²) in [5.41, 5.74) is -13.1. The molecule has 0 aliphatic heterocycles. The highest BCUT2D eigenvalue weighted by molar-refractivity contribution is 7.20. The highest BCUT2D eigenvalue weighted by Crippen LogP contribution is 2.31. The minimum absolute atomic E-state index is 0.309. The molecule has 7 aromatic rings. The first kappa shape index (κ1) is 45.7. The van der Waals surface area contributed by atoms with Crippen molar-refractivity contribution in [3.63, 3.8) is 0 Å². The molecule has 0 radical (unpaired) electrons. The van der Waals surface area contributed by atoms with Crippen LogP contribution in [0.1, 0.15) is 5.56 Å². The van der Waals surface area contributed by atoms with Gasteiger partial charge in [0, 0.05) is 17.0 Å². The van der Waals surface area contributed by atoms with Crippen molar-refractivity contribution in [2.24, 2.45) is 0 Å². The zero-order valence-electron chi connectivity index (χ0n) is 30.1. The molecule has 0 amide bonds. The van der Waals surface area contributed by atoms with Gasteiger partial charge in [-0.05, 0) is 23.6 Å². The molecular formula is C40H14BF20NO. The second kappa shape index (κ2) is 16.8. The van der Waals surface area contributed by atoms with Crippen LogP contribution >= 0.6 is 0 Å². The van der Waals surface area contributed by atoms with Crippen LogP contribution in [0.4, 0.5) is 87.8 Å². The van der Waals surface area contributed by atoms with Gasteiger partial charge in [-0.15, -0.1) is 21.9 Å². The summed E-state index contributed by atoms with van der Waals surface area (Å²) in [6, 6.07) is 17.8. The third-order valence-electron chi connectivity index (χ3n) is 9.74. The number of pyridine rings is 1. The second-order valence-electron chi connectivity index (χ2n) is 13.2. The number of phenolic OH excluding ortho intramolecular Hbond substituents is 1. The SMILES string of the molecule is Fc1c(F)c(F)c([B-](c2c(F)c(F)c(F)c(F)c2F)(c2c(F)c(F)c(F)c(F)c2F)c2c(F)c(F)c(F)c(F)c2F)c(F)c1F.Oc1ccc2c[n+](Cc3ccccc3)ccc2c1. The van der Waals surface area contributed by atoms with Crippen molar-refractivity contribution in [1.29, 1.82) is 0 Å². The number of hydrogen-bond donors (Lipinski definition) is 1. The summed E-state index contributed by atoms with van der Waals surface area (Å²) in [6.45, 7) is 0.859. The topological polar surface area (TPSA) is 24.1 Å². The average Bonchev–Trinajstić information content (AvgIpc) is 3.26. The number of hydrogen-bond acceptors (Lipinski definition) is 1. The van der Waals surface area contributed by atoms with E-state index in [0.717, 1.165) is 17.3 Å². The summed E-state index contributed by atoms with van der Waals surface area (Å²) < 4.78 is 296. The van der Waals surface area contributed by atoms with Crippen LogP contribution in [0.3, 0.4) is 0 Å². The van der Waals surface area contributed by atoms with Crippen LogP contribution in [-0.2, 0) is 6.54 Å². The third kappa shape index (κ3) is 7.21. The highest BCUT2D eigenvalue weighted by atomic mass is 19.2. The summed E-state index contributed by atoms with van der Waals surface area (Å²) >= 11 is 0. The normalized spacial score (nSPS) is 11.6. The van der Waals surface area contributed by atoms with Crippen molar-refractivity contribution in [1.82, 2.24) is 0 Å². The fourth-order valence-electron chi connectivity index (χ4n) is 6.99. The van der Waals surface area contributed by atoms with Crippen LogP contribution in [0.5, 0.6) is 5.75 Å². The van der Waals surface area contributed by atoms with E-state index in [9.17, 15) is 57.8 Å². The standard InChI is InChI=1S/C24BF20.C16H13NO/c26-5-1(6(27)14(35)21(42)13(5)34)25(2-7(28)15(36)22(43)16(37)8(2)29,3-9(30)17(38)23(44)18(39)10(3)31)4-11(32)19(40)24(45)20(41)12(4)33;18-16-7-6-15-12-17(9-8-14(15)10-16)11-13-4-2-1-3-5-13/h;1-10,12H,11H2/q-1;/p+1. The molecule has 0 bridgehead atoms. The van der Waals surface area contributed by atoms with E-state index in [-0.39, 0.29) is 0 Å². The monoisotopic (exact) mass is 915 g/mol. The molecule has 328 valence electrons. The maximum Gasteiger partial charge on any atom is 0.200 e. The van der Waals surface area contributed by atoms with Crippen molar-refractivity contribution in [3.8, 4) is 5.75 Å². The number of nitrogens with zero attached hydrogens (tertiary/aromatic N) is 1. The van der Waals surface area contributed by atoms with Gasteiger partial charge in [-0.25, -0.2) is 92.4 Å². The lowest BCUT2D eigenvalue weighted by atomic mass is 9.12. The minimum Gasteiger partial charge on any atom is -0.508 e. The molecule has 1 heterocycles. The molecule has 2 nitrogen and oxygen atoms in total. The number of rotatable bonds is 6. The third-order valence-corrected chi connectivity index (χ3v) is 9.74. The Labute approximate surface area is 337 Å². The molecule has 0 fully saturated rings. The Morgan fingerprint density at radius 2 is 0.651 bits per heavy atom. The lowest BCUT2D eigenvalue weighted by Gasteiger charge is -2.44. The molecule has 6 aromatic carbocycles. The molecule has 63 heavy (non-hydrogen) atoms. The lowest BCUT2D eigenvalue weighted by molar-refractivity contribution is -0.687. The maximum absolute atomic E-state index is 15.4. The molecule has 7 rings (SSSR count). The summed E-state index contributed by atoms with van der Waals surface area (Å²) in [5.74, 6) is -71.1. The van der Waals surface area contributed by atoms with Crippen molar-refractivity contribution in [3.05, 3.63) is 189 Å². The molecule has 0 spiro atoms. The Morgan fingerprint density at radius 3 is 0.968 bits per heavy atom. The number of aromatic nitrogens is 1. The molecule has 1 aromatic heterocycles. The zero-order valence-corrected chi connectivity index (χ0v) is 30.1. The fourth-order valence-corrected chi connectivity index (χ4v) is 6.99. The largest absolute Gasteiger partial charge is 0.508 e. The van der Waals surface area contributed by atoms with Crippen LogP contribution < -0.4 is 26.4 Å². The zero-order chi connectivity index (χ0) is 46.7. The molecule has 23 heteroatoms. The molecule has 0 saturated carbocycles. The first-order valence-corrected chi connectivity index (χ1v) is 16.9. The van der Waals surface area contributed by atoms with Crippen molar-refractivity contribution in [2.75, 3.05) is 0 Å². The summed E-state index contributed by atoms with van der Waals surface area (Å²) in [7, 11) is 0. The van der Waals surface area contributed by atoms with Crippen LogP contribution in [0.2, 0.25) is 0 Å². The number of benzene rings is 6. The van der Waals surface area contributed by atoms with Gasteiger partial charge in [0.1, 0.15) is 58.4 Å². The van der Waals surface area contributed by atoms with Gasteiger partial charge >= 0.3 is 0 Å². The van der Waals surface area contributed by atoms with Gasteiger partial charge < -0.3 is 5.11 Å². The van der Waals surface area contributed by atoms with Crippen molar-refractivity contribution in [2.45, 2.75) is 6.54 Å². The van der Waals surface area contributed by atoms with E-state index < -0.39 is 144 Å². The average molecular weight is 915 g/mol. The Balaban J connectivity index is 0.000000302. The molecular weight excluding hydrogens is 901 g/mol. The minimum atomic E-state index is -7.22. The smallest absolute Gasteiger partial charge is 0.200 e. The van der Waals surface area contributed by atoms with Crippen LogP contribution in [0, 0.1) is 116 Å². The number of phenols is 1. The quantitative estimate of drug-likeness (QED) is 0.0584. The molecule has 0 unspecified atom stereocenters. The van der Waals surface area contributed by atoms with Gasteiger partial charge in [-0.2, -0.15) is 0 Å². The van der Waals surface area contributed by atoms with E-state index in [1.807, 2.05) is 24.4 Å². The van der Waals surface area contributed by atoms with E-state index in [1.54, 1.807) is 12.1 Å². The van der Waals surface area contributed by atoms with E-state index >= 15 is 35.1 Å². The van der Waals surface area contributed by atoms with Crippen molar-refractivity contribution >= 4 is 38.8 Å². The van der Waals surface area contributed by atoms with E-state index in [1.165, 1.54) is 5.56 Å². The van der Waals surface area contributed by atoms with Gasteiger partial charge in [0.05, 0.1) is 0 Å². The fraction of sp³-hybridized carbons (Fsp3) is 0.0250. The van der Waals surface area contributed by atoms with Gasteiger partial charge in [-0.1, -0.05) is 30.3 Å². The predicted molar refractivity (Wildman–Crippen MR) is 181 cm³/mol. The number of aromatic hydroxyl groups is 1. The van der Waals surface area contributed by atoms with E-state index in [4.69, 9.17) is 0 Å². The maximum atomic E-state index is 15.4. The van der Waals surface area contributed by atoms with Crippen molar-refractivity contribution < 1.29 is 97.5 Å². The summed E-state index contributed by atoms with van der Waals surface area (Å²) in [5, 5.41) is 11.6. The molecule has 0 aliphatic rings. The number of halogens is 20.